The summed E-state index contributed by atoms with van der Waals surface area (Å²) in [6.45, 7) is 0.354. The van der Waals surface area contributed by atoms with Crippen molar-refractivity contribution in [3.8, 4) is 11.5 Å². The number of benzene rings is 3. The first-order valence-electron chi connectivity index (χ1n) is 33.6. The van der Waals surface area contributed by atoms with Crippen LogP contribution in [-0.4, -0.2) is 168 Å². The van der Waals surface area contributed by atoms with Gasteiger partial charge in [0, 0.05) is 94.6 Å². The van der Waals surface area contributed by atoms with Gasteiger partial charge in [-0.25, -0.2) is 0 Å². The highest BCUT2D eigenvalue weighted by molar-refractivity contribution is 7.12. The van der Waals surface area contributed by atoms with Crippen molar-refractivity contribution >= 4 is 95.4 Å². The number of hydrogen-bond acceptors (Lipinski definition) is 14. The number of amides is 9. The van der Waals surface area contributed by atoms with Crippen molar-refractivity contribution in [2.45, 2.75) is 128 Å². The lowest BCUT2D eigenvalue weighted by atomic mass is 9.90. The molecule has 0 saturated carbocycles. The second kappa shape index (κ2) is 37.2. The Kier molecular flexibility index (Phi) is 28.2. The summed E-state index contributed by atoms with van der Waals surface area (Å²) in [5.74, 6) is -5.13. The molecular formula is C71H89BF2N12O12S. The van der Waals surface area contributed by atoms with E-state index in [-0.39, 0.29) is 56.8 Å². The Morgan fingerprint density at radius 3 is 2.10 bits per heavy atom. The van der Waals surface area contributed by atoms with Crippen molar-refractivity contribution in [3.63, 3.8) is 0 Å². The Labute approximate surface area is 578 Å². The number of nitrogens with zero attached hydrogens (tertiary/aromatic N) is 3. The molecular weight excluding hydrogens is 1290 g/mol. The molecule has 2 aromatic heterocycles. The number of piperidine rings is 1. The standard InChI is InChI=1S/C71H89BF2N12O12S/c1-47(2)67(83-65(91)34-40-84-38-32-55(33-39-84)98-60-18-9-8-16-50(60)42-49-14-5-3-6-15-49)71(96)82-58(45-87)70(95)81-57(44-62(75)88)69(94)79-37-31-64(90)80-56(68(76)93)17-10-12-36-77-63(89)20-7-4-11-35-78-66(92)46-97-54-28-22-48(23-29-54)21-24-51-25-26-52-43-53-27-30-59(61-19-13-41-99-61)86(53)72(73,74)85(51)52/h3,5-6,8-9,13-16,18-19,21-30,41,43,47,55-58,67,87H,4,7,10-12,17,20,31-40,42,44-46H2,1-2H3,(H2,75,88)(H2,76,93)(H,77,89)(H,78,92)(H,79,94)(H,80,90)(H,81,95)(H,82,96)(H,83,91)/b24-21+/t56-,57-,58-,67-/m0/s1. The molecule has 5 aromatic rings. The number of carbonyl (C=O) groups excluding carboxylic acids is 9. The number of nitrogens with two attached hydrogens (primary N) is 2. The molecule has 3 aliphatic heterocycles. The highest BCUT2D eigenvalue weighted by Gasteiger charge is 2.52. The molecule has 1 fully saturated rings. The molecule has 0 spiro atoms. The molecule has 1 saturated heterocycles. The summed E-state index contributed by atoms with van der Waals surface area (Å²) in [5.41, 5.74) is 15.7. The second-order valence-corrected chi connectivity index (χ2v) is 25.9. The minimum Gasteiger partial charge on any atom is -0.490 e. The van der Waals surface area contributed by atoms with Gasteiger partial charge in [-0.3, -0.25) is 43.2 Å². The van der Waals surface area contributed by atoms with Gasteiger partial charge in [0.25, 0.3) is 5.91 Å². The summed E-state index contributed by atoms with van der Waals surface area (Å²) in [6, 6.07) is 26.8. The van der Waals surface area contributed by atoms with Crippen LogP contribution < -0.4 is 58.2 Å². The molecule has 0 bridgehead atoms. The molecule has 5 heterocycles. The van der Waals surface area contributed by atoms with Gasteiger partial charge >= 0.3 is 6.97 Å². The Morgan fingerprint density at radius 1 is 0.687 bits per heavy atom. The number of nitrogens with one attached hydrogen (secondary N) is 7. The largest absolute Gasteiger partial charge is 0.737 e. The predicted molar refractivity (Wildman–Crippen MR) is 373 cm³/mol. The quantitative estimate of drug-likeness (QED) is 0.0189. The fourth-order valence-corrected chi connectivity index (χ4v) is 12.5. The van der Waals surface area contributed by atoms with Gasteiger partial charge in [0.2, 0.25) is 47.3 Å². The molecule has 3 aliphatic rings. The summed E-state index contributed by atoms with van der Waals surface area (Å²) in [5, 5.41) is 30.1. The van der Waals surface area contributed by atoms with E-state index in [1.807, 2.05) is 53.9 Å². The molecule has 0 unspecified atom stereocenters. The van der Waals surface area contributed by atoms with E-state index in [1.54, 1.807) is 80.6 Å². The minimum absolute atomic E-state index is 0.0131. The number of thiophene rings is 1. The zero-order chi connectivity index (χ0) is 70.8. The molecule has 24 nitrogen and oxygen atoms in total. The molecule has 0 radical (unpaired) electrons. The number of fused-ring (bicyclic) bond motifs is 2. The van der Waals surface area contributed by atoms with Gasteiger partial charge in [-0.1, -0.05) is 93.1 Å². The van der Waals surface area contributed by atoms with Gasteiger partial charge in [-0.2, -0.15) is 0 Å². The molecule has 28 heteroatoms. The lowest BCUT2D eigenvalue weighted by molar-refractivity contribution is -0.360. The molecule has 4 atom stereocenters. The van der Waals surface area contributed by atoms with Crippen LogP contribution in [-0.2, 0) is 49.6 Å². The van der Waals surface area contributed by atoms with Gasteiger partial charge in [0.05, 0.1) is 17.9 Å². The second-order valence-electron chi connectivity index (χ2n) is 25.0. The number of halogens is 2. The summed E-state index contributed by atoms with van der Waals surface area (Å²) in [4.78, 5) is 118. The third-order valence-electron chi connectivity index (χ3n) is 17.1. The lowest BCUT2D eigenvalue weighted by Crippen LogP contribution is -2.59. The predicted octanol–water partition coefficient (Wildman–Crippen LogP) is 4.69. The summed E-state index contributed by atoms with van der Waals surface area (Å²) in [6.07, 6.45) is 13.1. The number of ether oxygens (including phenoxy) is 2. The first kappa shape index (κ1) is 75.0. The van der Waals surface area contributed by atoms with E-state index in [9.17, 15) is 48.3 Å². The van der Waals surface area contributed by atoms with Crippen molar-refractivity contribution in [2.75, 3.05) is 52.5 Å². The third kappa shape index (κ3) is 22.6. The average molecular weight is 1380 g/mol. The minimum atomic E-state index is -4.17. The number of rotatable bonds is 39. The van der Waals surface area contributed by atoms with Crippen LogP contribution in [0.25, 0.3) is 18.2 Å². The zero-order valence-corrected chi connectivity index (χ0v) is 56.6. The number of hydrogen-bond donors (Lipinski definition) is 10. The summed E-state index contributed by atoms with van der Waals surface area (Å²) < 4.78 is 46.7. The van der Waals surface area contributed by atoms with E-state index in [0.29, 0.717) is 93.4 Å². The van der Waals surface area contributed by atoms with Crippen molar-refractivity contribution in [1.82, 2.24) is 46.6 Å². The van der Waals surface area contributed by atoms with E-state index >= 15 is 8.63 Å². The van der Waals surface area contributed by atoms with Crippen molar-refractivity contribution in [1.29, 1.82) is 0 Å². The number of aliphatic hydroxyl groups is 1. The molecule has 0 aliphatic carbocycles. The van der Waals surface area contributed by atoms with E-state index in [0.717, 1.165) is 50.0 Å². The van der Waals surface area contributed by atoms with Crippen molar-refractivity contribution in [2.24, 2.45) is 17.4 Å². The lowest BCUT2D eigenvalue weighted by Gasteiger charge is -2.32. The molecule has 99 heavy (non-hydrogen) atoms. The van der Waals surface area contributed by atoms with Crippen LogP contribution in [0.5, 0.6) is 11.5 Å². The maximum absolute atomic E-state index is 16.2. The van der Waals surface area contributed by atoms with E-state index in [4.69, 9.17) is 20.9 Å². The smallest absolute Gasteiger partial charge is 0.490 e. The first-order chi connectivity index (χ1) is 47.6. The van der Waals surface area contributed by atoms with Crippen molar-refractivity contribution in [3.05, 3.63) is 159 Å². The number of allylic oxidation sites excluding steroid dienone is 2. The SMILES string of the molecule is CC(C)[C@H](NC(=O)CCN1CCC(Oc2ccccc2Cc2ccccc2)CC1)C(=O)N[C@@H](CO)C(=O)N[C@@H](CC(N)=O)C(=O)NCCC(=O)N[C@@H](CCCCNC(=O)CCCCCNC(=O)COc1ccc(/C=C/c2ccc3n2[B-](F)(F)[N+]2=C(c4cccs4)C=CC2=C3)cc1)C(N)=O. The number of carbonyl (C=O) groups is 9. The van der Waals surface area contributed by atoms with Gasteiger partial charge in [-0.05, 0) is 115 Å². The number of aliphatic hydroxyl groups excluding tert-OH is 1. The fourth-order valence-electron chi connectivity index (χ4n) is 11.7. The van der Waals surface area contributed by atoms with Gasteiger partial charge in [0.15, 0.2) is 18.0 Å². The van der Waals surface area contributed by atoms with Gasteiger partial charge < -0.3 is 85.8 Å². The zero-order valence-electron chi connectivity index (χ0n) is 55.8. The number of para-hydroxylation sites is 1. The monoisotopic (exact) mass is 1380 g/mol. The number of likely N-dealkylation sites (tertiary alicyclic amines) is 1. The molecule has 528 valence electrons. The normalized spacial score (nSPS) is 15.4. The molecule has 9 amide bonds. The van der Waals surface area contributed by atoms with E-state index in [1.165, 1.54) is 16.9 Å². The highest BCUT2D eigenvalue weighted by Crippen LogP contribution is 2.35. The van der Waals surface area contributed by atoms with E-state index < -0.39 is 91.4 Å². The first-order valence-corrected chi connectivity index (χ1v) is 34.5. The Morgan fingerprint density at radius 2 is 1.39 bits per heavy atom. The van der Waals surface area contributed by atoms with Crippen LogP contribution in [0.2, 0.25) is 0 Å². The van der Waals surface area contributed by atoms with Gasteiger partial charge in [0.1, 0.15) is 41.8 Å². The maximum Gasteiger partial charge on any atom is 0.737 e. The number of primary amides is 2. The molecule has 12 N–H and O–H groups in total. The molecule has 8 rings (SSSR count). The Balaban J connectivity index is 0.646. The van der Waals surface area contributed by atoms with Crippen LogP contribution in [0.1, 0.15) is 124 Å². The maximum atomic E-state index is 16.2. The van der Waals surface area contributed by atoms with Crippen LogP contribution in [0.15, 0.2) is 126 Å². The van der Waals surface area contributed by atoms with Crippen molar-refractivity contribution < 1.29 is 70.8 Å². The fraction of sp³-hybridized carbons (Fsp3) is 0.408. The Hall–Kier alpha value is -9.80. The number of unbranched alkanes of at least 4 members (excludes halogenated alkanes) is 3. The van der Waals surface area contributed by atoms with Gasteiger partial charge in [-0.15, -0.1) is 11.3 Å². The van der Waals surface area contributed by atoms with Crippen LogP contribution in [0, 0.1) is 5.92 Å². The third-order valence-corrected chi connectivity index (χ3v) is 18.0. The Bertz CT molecular complexity index is 3740. The van der Waals surface area contributed by atoms with E-state index in [2.05, 4.69) is 60.3 Å². The topological polar surface area (TPSA) is 340 Å². The van der Waals surface area contributed by atoms with Crippen LogP contribution in [0.3, 0.4) is 0 Å². The highest BCUT2D eigenvalue weighted by atomic mass is 32.1. The summed E-state index contributed by atoms with van der Waals surface area (Å²) in [7, 11) is 0. The van der Waals surface area contributed by atoms with Crippen LogP contribution >= 0.6 is 11.3 Å². The van der Waals surface area contributed by atoms with Crippen LogP contribution in [0.4, 0.5) is 8.63 Å². The average Bonchev–Trinajstić information content (AvgIpc) is 1.59. The molecule has 3 aromatic carbocycles. The number of aromatic nitrogens is 1. The summed E-state index contributed by atoms with van der Waals surface area (Å²) >= 11 is 1.41.